The van der Waals surface area contributed by atoms with E-state index in [9.17, 15) is 0 Å². The smallest absolute Gasteiger partial charge is 0.224 e. The maximum atomic E-state index is 5.93. The fourth-order valence-corrected chi connectivity index (χ4v) is 2.09. The number of hydrogen-bond acceptors (Lipinski definition) is 4. The average Bonchev–Trinajstić information content (AvgIpc) is 2.30. The first-order valence-corrected chi connectivity index (χ1v) is 6.54. The third kappa shape index (κ3) is 2.85. The number of aromatic nitrogens is 2. The van der Waals surface area contributed by atoms with E-state index >= 15 is 0 Å². The number of aryl methyl sites for hydroxylation is 1. The second-order valence-electron chi connectivity index (χ2n) is 3.59. The molecule has 7 heteroatoms. The van der Waals surface area contributed by atoms with Crippen LogP contribution in [0.2, 0.25) is 10.3 Å². The van der Waals surface area contributed by atoms with Crippen LogP contribution in [0.15, 0.2) is 22.7 Å². The van der Waals surface area contributed by atoms with Crippen molar-refractivity contribution in [2.45, 2.75) is 6.92 Å². The Hall–Kier alpha value is -1.04. The van der Waals surface area contributed by atoms with Crippen molar-refractivity contribution >= 4 is 56.3 Å². The van der Waals surface area contributed by atoms with Gasteiger partial charge in [0.15, 0.2) is 5.82 Å². The van der Waals surface area contributed by atoms with E-state index < -0.39 is 0 Å². The Kier molecular flexibility index (Phi) is 3.94. The predicted octanol–water partition coefficient (Wildman–Crippen LogP) is 4.18. The van der Waals surface area contributed by atoms with Gasteiger partial charge in [-0.3, -0.25) is 0 Å². The van der Waals surface area contributed by atoms with Gasteiger partial charge in [0.2, 0.25) is 5.28 Å². The summed E-state index contributed by atoms with van der Waals surface area (Å²) < 4.78 is 0.846. The Morgan fingerprint density at radius 3 is 2.72 bits per heavy atom. The number of hydrogen-bond donors (Lipinski definition) is 2. The normalized spacial score (nSPS) is 10.4. The summed E-state index contributed by atoms with van der Waals surface area (Å²) in [4.78, 5) is 8.02. The minimum atomic E-state index is 0.141. The number of halogens is 3. The van der Waals surface area contributed by atoms with Crippen LogP contribution in [0.5, 0.6) is 0 Å². The molecule has 1 aromatic carbocycles. The highest BCUT2D eigenvalue weighted by atomic mass is 79.9. The summed E-state index contributed by atoms with van der Waals surface area (Å²) in [6, 6.07) is 5.37. The number of rotatable bonds is 2. The van der Waals surface area contributed by atoms with Crippen LogP contribution in [0.25, 0.3) is 0 Å². The molecule has 0 radical (unpaired) electrons. The van der Waals surface area contributed by atoms with Gasteiger partial charge in [-0.1, -0.05) is 11.6 Å². The van der Waals surface area contributed by atoms with Gasteiger partial charge >= 0.3 is 0 Å². The maximum Gasteiger partial charge on any atom is 0.224 e. The third-order valence-corrected chi connectivity index (χ3v) is 3.39. The summed E-state index contributed by atoms with van der Waals surface area (Å²) in [7, 11) is 0. The first kappa shape index (κ1) is 13.4. The molecule has 0 aliphatic rings. The fourth-order valence-electron chi connectivity index (χ4n) is 1.36. The summed E-state index contributed by atoms with van der Waals surface area (Å²) in [5, 5.41) is 3.82. The van der Waals surface area contributed by atoms with E-state index in [0.29, 0.717) is 22.2 Å². The molecule has 0 fully saturated rings. The van der Waals surface area contributed by atoms with Crippen LogP contribution in [-0.2, 0) is 0 Å². The lowest BCUT2D eigenvalue weighted by molar-refractivity contribution is 1.11. The zero-order valence-corrected chi connectivity index (χ0v) is 12.4. The Balaban J connectivity index is 2.43. The third-order valence-electron chi connectivity index (χ3n) is 2.29. The van der Waals surface area contributed by atoms with Crippen molar-refractivity contribution < 1.29 is 0 Å². The SMILES string of the molecule is Cc1nc(Cl)nc(Nc2cc(Cl)ccc2Br)c1N. The Morgan fingerprint density at radius 1 is 1.28 bits per heavy atom. The van der Waals surface area contributed by atoms with Crippen LogP contribution in [-0.4, -0.2) is 9.97 Å². The van der Waals surface area contributed by atoms with Crippen LogP contribution >= 0.6 is 39.1 Å². The number of anilines is 3. The monoisotopic (exact) mass is 346 g/mol. The van der Waals surface area contributed by atoms with Crippen molar-refractivity contribution in [2.75, 3.05) is 11.1 Å². The lowest BCUT2D eigenvalue weighted by Gasteiger charge is -2.11. The van der Waals surface area contributed by atoms with Crippen molar-refractivity contribution in [1.82, 2.24) is 9.97 Å². The molecule has 0 bridgehead atoms. The first-order chi connectivity index (χ1) is 8.47. The molecule has 0 unspecified atom stereocenters. The second kappa shape index (κ2) is 5.30. The van der Waals surface area contributed by atoms with Gasteiger partial charge in [-0.05, 0) is 52.7 Å². The quantitative estimate of drug-likeness (QED) is 0.800. The Bertz CT molecular complexity index is 604. The highest BCUT2D eigenvalue weighted by Gasteiger charge is 2.09. The molecule has 1 heterocycles. The summed E-state index contributed by atoms with van der Waals surface area (Å²) in [5.74, 6) is 0.454. The number of nitrogens with zero attached hydrogens (tertiary/aromatic N) is 2. The highest BCUT2D eigenvalue weighted by molar-refractivity contribution is 9.10. The predicted molar refractivity (Wildman–Crippen MR) is 78.6 cm³/mol. The molecule has 0 aliphatic carbocycles. The zero-order valence-electron chi connectivity index (χ0n) is 9.34. The van der Waals surface area contributed by atoms with Gasteiger partial charge in [-0.25, -0.2) is 4.98 Å². The van der Waals surface area contributed by atoms with E-state index in [2.05, 4.69) is 31.2 Å². The van der Waals surface area contributed by atoms with Crippen molar-refractivity contribution in [3.8, 4) is 0 Å². The first-order valence-electron chi connectivity index (χ1n) is 4.99. The van der Waals surface area contributed by atoms with Crippen molar-refractivity contribution in [3.63, 3.8) is 0 Å². The zero-order chi connectivity index (χ0) is 13.3. The fraction of sp³-hybridized carbons (Fsp3) is 0.0909. The molecule has 0 saturated heterocycles. The largest absolute Gasteiger partial charge is 0.394 e. The van der Waals surface area contributed by atoms with Gasteiger partial charge in [0.1, 0.15) is 0 Å². The maximum absolute atomic E-state index is 5.93. The molecule has 4 nitrogen and oxygen atoms in total. The lowest BCUT2D eigenvalue weighted by Crippen LogP contribution is -2.04. The number of benzene rings is 1. The second-order valence-corrected chi connectivity index (χ2v) is 5.22. The summed E-state index contributed by atoms with van der Waals surface area (Å²) in [6.45, 7) is 1.76. The molecule has 2 aromatic rings. The molecule has 0 atom stereocenters. The molecular weight excluding hydrogens is 339 g/mol. The minimum Gasteiger partial charge on any atom is -0.394 e. The van der Waals surface area contributed by atoms with Crippen molar-refractivity contribution in [3.05, 3.63) is 38.7 Å². The van der Waals surface area contributed by atoms with Crippen molar-refractivity contribution in [1.29, 1.82) is 0 Å². The molecule has 0 aliphatic heterocycles. The molecule has 0 spiro atoms. The Labute approximate surface area is 123 Å². The van der Waals surface area contributed by atoms with E-state index in [-0.39, 0.29) is 5.28 Å². The average molecular weight is 348 g/mol. The lowest BCUT2D eigenvalue weighted by atomic mass is 10.3. The molecule has 1 aromatic heterocycles. The standard InChI is InChI=1S/C11H9BrCl2N4/c1-5-9(15)10(18-11(14)16-5)17-8-4-6(13)2-3-7(8)12/h2-4H,15H2,1H3,(H,16,17,18). The van der Waals surface area contributed by atoms with Crippen molar-refractivity contribution in [2.24, 2.45) is 0 Å². The molecule has 94 valence electrons. The van der Waals surface area contributed by atoms with Crippen LogP contribution in [0.4, 0.5) is 17.2 Å². The Morgan fingerprint density at radius 2 is 2.00 bits per heavy atom. The molecule has 2 rings (SSSR count). The van der Waals surface area contributed by atoms with Gasteiger partial charge in [-0.2, -0.15) is 4.98 Å². The molecular formula is C11H9BrCl2N4. The molecule has 18 heavy (non-hydrogen) atoms. The number of nitrogens with two attached hydrogens (primary N) is 1. The van der Waals surface area contributed by atoms with Gasteiger partial charge in [-0.15, -0.1) is 0 Å². The van der Waals surface area contributed by atoms with Gasteiger partial charge < -0.3 is 11.1 Å². The van der Waals surface area contributed by atoms with E-state index in [1.54, 1.807) is 19.1 Å². The van der Waals surface area contributed by atoms with Gasteiger partial charge in [0.25, 0.3) is 0 Å². The molecule has 0 amide bonds. The summed E-state index contributed by atoms with van der Waals surface area (Å²) in [5.41, 5.74) is 7.72. The number of nitrogen functional groups attached to an aromatic ring is 1. The van der Waals surface area contributed by atoms with Crippen LogP contribution in [0, 0.1) is 6.92 Å². The summed E-state index contributed by atoms with van der Waals surface area (Å²) in [6.07, 6.45) is 0. The molecule has 3 N–H and O–H groups in total. The van der Waals surface area contributed by atoms with Gasteiger partial charge in [0, 0.05) is 9.50 Å². The van der Waals surface area contributed by atoms with Gasteiger partial charge in [0.05, 0.1) is 17.1 Å². The van der Waals surface area contributed by atoms with Crippen LogP contribution in [0.1, 0.15) is 5.69 Å². The minimum absolute atomic E-state index is 0.141. The highest BCUT2D eigenvalue weighted by Crippen LogP contribution is 2.31. The van der Waals surface area contributed by atoms with Crippen LogP contribution < -0.4 is 11.1 Å². The number of nitrogens with one attached hydrogen (secondary N) is 1. The topological polar surface area (TPSA) is 63.8 Å². The summed E-state index contributed by atoms with van der Waals surface area (Å²) >= 11 is 15.1. The van der Waals surface area contributed by atoms with Crippen LogP contribution in [0.3, 0.4) is 0 Å². The van der Waals surface area contributed by atoms with E-state index in [4.69, 9.17) is 28.9 Å². The molecule has 0 saturated carbocycles. The van der Waals surface area contributed by atoms with E-state index in [0.717, 1.165) is 10.2 Å². The van der Waals surface area contributed by atoms with E-state index in [1.807, 2.05) is 6.07 Å². The van der Waals surface area contributed by atoms with E-state index in [1.165, 1.54) is 0 Å².